The van der Waals surface area contributed by atoms with Crippen LogP contribution in [0.3, 0.4) is 0 Å². The summed E-state index contributed by atoms with van der Waals surface area (Å²) in [5.41, 5.74) is 2.12. The Morgan fingerprint density at radius 3 is 2.65 bits per heavy atom. The van der Waals surface area contributed by atoms with Gasteiger partial charge in [0.2, 0.25) is 0 Å². The Hall–Kier alpha value is -1.32. The number of benzene rings is 1. The Morgan fingerprint density at radius 2 is 2.06 bits per heavy atom. The van der Waals surface area contributed by atoms with Gasteiger partial charge in [-0.15, -0.1) is 0 Å². The highest BCUT2D eigenvalue weighted by molar-refractivity contribution is 6.30. The quantitative estimate of drug-likeness (QED) is 0.903. The number of aromatic nitrogens is 1. The Kier molecular flexibility index (Phi) is 3.82. The molecule has 0 saturated carbocycles. The molecule has 0 spiro atoms. The van der Waals surface area contributed by atoms with Crippen molar-refractivity contribution in [2.75, 3.05) is 0 Å². The van der Waals surface area contributed by atoms with Crippen LogP contribution in [0.25, 0.3) is 0 Å². The topological polar surface area (TPSA) is 38.1 Å². The average Bonchev–Trinajstić information content (AvgIpc) is 2.73. The summed E-state index contributed by atoms with van der Waals surface area (Å²) in [6.07, 6.45) is 0. The van der Waals surface area contributed by atoms with Crippen LogP contribution in [0, 0.1) is 6.92 Å². The van der Waals surface area contributed by atoms with Crippen molar-refractivity contribution in [1.29, 1.82) is 0 Å². The van der Waals surface area contributed by atoms with Gasteiger partial charge in [0, 0.05) is 23.7 Å². The Balaban J connectivity index is 1.93. The second-order valence-electron chi connectivity index (χ2n) is 4.08. The first-order valence-corrected chi connectivity index (χ1v) is 5.94. The third-order valence-corrected chi connectivity index (χ3v) is 2.89. The van der Waals surface area contributed by atoms with Gasteiger partial charge in [0.05, 0.1) is 5.69 Å². The van der Waals surface area contributed by atoms with Gasteiger partial charge in [0.15, 0.2) is 0 Å². The third-order valence-electron chi connectivity index (χ3n) is 2.64. The number of hydrogen-bond acceptors (Lipinski definition) is 3. The summed E-state index contributed by atoms with van der Waals surface area (Å²) in [5, 5.41) is 8.08. The Bertz CT molecular complexity index is 478. The molecule has 0 radical (unpaired) electrons. The van der Waals surface area contributed by atoms with Crippen LogP contribution >= 0.6 is 11.6 Å². The first kappa shape index (κ1) is 12.1. The molecule has 2 aromatic rings. The van der Waals surface area contributed by atoms with Gasteiger partial charge < -0.3 is 9.84 Å². The molecule has 0 bridgehead atoms. The van der Waals surface area contributed by atoms with E-state index >= 15 is 0 Å². The molecule has 1 atom stereocenters. The molecule has 0 aliphatic heterocycles. The molecule has 1 heterocycles. The van der Waals surface area contributed by atoms with Crippen LogP contribution in [0.15, 0.2) is 34.9 Å². The molecule has 4 heteroatoms. The molecule has 1 N–H and O–H groups in total. The van der Waals surface area contributed by atoms with E-state index in [2.05, 4.69) is 17.4 Å². The minimum absolute atomic E-state index is 0.254. The Labute approximate surface area is 106 Å². The summed E-state index contributed by atoms with van der Waals surface area (Å²) in [4.78, 5) is 0. The van der Waals surface area contributed by atoms with Crippen LogP contribution in [0.2, 0.25) is 5.02 Å². The standard InChI is InChI=1S/C13H15ClN2O/c1-9-7-13(16-17-9)8-15-10(2)11-3-5-12(14)6-4-11/h3-7,10,15H,8H2,1-2H3/t10-/m1/s1. The van der Waals surface area contributed by atoms with Crippen LogP contribution in [-0.2, 0) is 6.54 Å². The van der Waals surface area contributed by atoms with Crippen molar-refractivity contribution >= 4 is 11.6 Å². The van der Waals surface area contributed by atoms with Crippen LogP contribution in [0.5, 0.6) is 0 Å². The summed E-state index contributed by atoms with van der Waals surface area (Å²) >= 11 is 5.85. The molecular weight excluding hydrogens is 236 g/mol. The van der Waals surface area contributed by atoms with Crippen molar-refractivity contribution in [3.63, 3.8) is 0 Å². The van der Waals surface area contributed by atoms with Crippen molar-refractivity contribution in [3.05, 3.63) is 52.4 Å². The Morgan fingerprint density at radius 1 is 1.35 bits per heavy atom. The highest BCUT2D eigenvalue weighted by Crippen LogP contribution is 2.16. The summed E-state index contributed by atoms with van der Waals surface area (Å²) in [5.74, 6) is 0.834. The van der Waals surface area contributed by atoms with Crippen LogP contribution in [0.4, 0.5) is 0 Å². The van der Waals surface area contributed by atoms with Gasteiger partial charge in [-0.25, -0.2) is 0 Å². The van der Waals surface area contributed by atoms with E-state index in [0.717, 1.165) is 16.5 Å². The smallest absolute Gasteiger partial charge is 0.133 e. The molecular formula is C13H15ClN2O. The minimum Gasteiger partial charge on any atom is -0.361 e. The zero-order valence-corrected chi connectivity index (χ0v) is 10.7. The molecule has 0 unspecified atom stereocenters. The van der Waals surface area contributed by atoms with E-state index < -0.39 is 0 Å². The summed E-state index contributed by atoms with van der Waals surface area (Å²) < 4.78 is 5.01. The SMILES string of the molecule is Cc1cc(CN[C@H](C)c2ccc(Cl)cc2)no1. The summed E-state index contributed by atoms with van der Waals surface area (Å²) in [6.45, 7) is 4.69. The van der Waals surface area contributed by atoms with Gasteiger partial charge >= 0.3 is 0 Å². The summed E-state index contributed by atoms with van der Waals surface area (Å²) in [6, 6.07) is 10.0. The van der Waals surface area contributed by atoms with Gasteiger partial charge in [-0.2, -0.15) is 0 Å². The monoisotopic (exact) mass is 250 g/mol. The zero-order chi connectivity index (χ0) is 12.3. The van der Waals surface area contributed by atoms with Crippen molar-refractivity contribution < 1.29 is 4.52 Å². The molecule has 0 fully saturated rings. The lowest BCUT2D eigenvalue weighted by atomic mass is 10.1. The van der Waals surface area contributed by atoms with Gasteiger partial charge in [-0.3, -0.25) is 0 Å². The number of aryl methyl sites for hydroxylation is 1. The molecule has 3 nitrogen and oxygen atoms in total. The van der Waals surface area contributed by atoms with Gasteiger partial charge in [-0.05, 0) is 31.5 Å². The molecule has 0 aliphatic rings. The van der Waals surface area contributed by atoms with Crippen LogP contribution in [0.1, 0.15) is 30.0 Å². The average molecular weight is 251 g/mol. The fourth-order valence-corrected chi connectivity index (χ4v) is 1.75. The predicted molar refractivity (Wildman–Crippen MR) is 67.9 cm³/mol. The van der Waals surface area contributed by atoms with E-state index in [1.807, 2.05) is 37.3 Å². The van der Waals surface area contributed by atoms with Gasteiger partial charge in [-0.1, -0.05) is 28.9 Å². The normalized spacial score (nSPS) is 12.6. The minimum atomic E-state index is 0.254. The molecule has 90 valence electrons. The van der Waals surface area contributed by atoms with Gasteiger partial charge in [0.25, 0.3) is 0 Å². The zero-order valence-electron chi connectivity index (χ0n) is 9.90. The molecule has 1 aromatic carbocycles. The number of halogens is 1. The van der Waals surface area contributed by atoms with Crippen molar-refractivity contribution in [3.8, 4) is 0 Å². The largest absolute Gasteiger partial charge is 0.361 e. The highest BCUT2D eigenvalue weighted by Gasteiger charge is 2.06. The van der Waals surface area contributed by atoms with E-state index in [9.17, 15) is 0 Å². The highest BCUT2D eigenvalue weighted by atomic mass is 35.5. The molecule has 17 heavy (non-hydrogen) atoms. The lowest BCUT2D eigenvalue weighted by Gasteiger charge is -2.12. The van der Waals surface area contributed by atoms with E-state index in [-0.39, 0.29) is 6.04 Å². The first-order valence-electron chi connectivity index (χ1n) is 5.56. The molecule has 2 rings (SSSR count). The molecule has 0 aliphatic carbocycles. The molecule has 0 saturated heterocycles. The number of nitrogens with zero attached hydrogens (tertiary/aromatic N) is 1. The number of rotatable bonds is 4. The van der Waals surface area contributed by atoms with Crippen LogP contribution < -0.4 is 5.32 Å². The predicted octanol–water partition coefficient (Wildman–Crippen LogP) is 3.49. The van der Waals surface area contributed by atoms with Crippen LogP contribution in [-0.4, -0.2) is 5.16 Å². The maximum Gasteiger partial charge on any atom is 0.133 e. The lowest BCUT2D eigenvalue weighted by Crippen LogP contribution is -2.18. The number of hydrogen-bond donors (Lipinski definition) is 1. The maximum atomic E-state index is 5.85. The fourth-order valence-electron chi connectivity index (χ4n) is 1.63. The second-order valence-corrected chi connectivity index (χ2v) is 4.52. The lowest BCUT2D eigenvalue weighted by molar-refractivity contribution is 0.386. The van der Waals surface area contributed by atoms with Crippen molar-refractivity contribution in [1.82, 2.24) is 10.5 Å². The fraction of sp³-hybridized carbons (Fsp3) is 0.308. The molecule has 1 aromatic heterocycles. The second kappa shape index (κ2) is 5.34. The first-order chi connectivity index (χ1) is 8.15. The van der Waals surface area contributed by atoms with E-state index in [4.69, 9.17) is 16.1 Å². The number of nitrogens with one attached hydrogen (secondary N) is 1. The van der Waals surface area contributed by atoms with E-state index in [0.29, 0.717) is 6.54 Å². The van der Waals surface area contributed by atoms with E-state index in [1.165, 1.54) is 5.56 Å². The van der Waals surface area contributed by atoms with Gasteiger partial charge in [0.1, 0.15) is 5.76 Å². The van der Waals surface area contributed by atoms with Crippen molar-refractivity contribution in [2.24, 2.45) is 0 Å². The van der Waals surface area contributed by atoms with Crippen molar-refractivity contribution in [2.45, 2.75) is 26.4 Å². The van der Waals surface area contributed by atoms with E-state index in [1.54, 1.807) is 0 Å². The summed E-state index contributed by atoms with van der Waals surface area (Å²) in [7, 11) is 0. The third kappa shape index (κ3) is 3.32. The maximum absolute atomic E-state index is 5.85. The molecule has 0 amide bonds.